The fourth-order valence-corrected chi connectivity index (χ4v) is 1.12. The first-order valence-corrected chi connectivity index (χ1v) is 4.98. The molecule has 0 aliphatic rings. The number of nitrogens with zero attached hydrogens (tertiary/aromatic N) is 1. The summed E-state index contributed by atoms with van der Waals surface area (Å²) in [7, 11) is 0. The number of hydrogen-bond acceptors (Lipinski definition) is 2. The minimum absolute atomic E-state index is 0.0943. The molecule has 0 aromatic carbocycles. The molecule has 0 rings (SSSR count). The Hall–Kier alpha value is -0.330. The van der Waals surface area contributed by atoms with Crippen LogP contribution >= 0.6 is 22.6 Å². The monoisotopic (exact) mass is 283 g/mol. The minimum Gasteiger partial charge on any atom is -0.370 e. The van der Waals surface area contributed by atoms with Crippen molar-refractivity contribution >= 4 is 34.3 Å². The third-order valence-electron chi connectivity index (χ3n) is 1.35. The van der Waals surface area contributed by atoms with E-state index in [0.29, 0.717) is 6.54 Å². The number of halogens is 1. The lowest BCUT2D eigenvalue weighted by Gasteiger charge is -2.02. The van der Waals surface area contributed by atoms with Crippen molar-refractivity contribution in [3.63, 3.8) is 0 Å². The van der Waals surface area contributed by atoms with Crippen molar-refractivity contribution in [2.24, 2.45) is 16.5 Å². The van der Waals surface area contributed by atoms with Gasteiger partial charge in [0.15, 0.2) is 5.96 Å². The van der Waals surface area contributed by atoms with Gasteiger partial charge in [0.05, 0.1) is 3.92 Å². The molecule has 0 aromatic rings. The van der Waals surface area contributed by atoms with Crippen LogP contribution in [0.1, 0.15) is 19.8 Å². The summed E-state index contributed by atoms with van der Waals surface area (Å²) in [6, 6.07) is 0. The molecule has 0 saturated carbocycles. The molecule has 70 valence electrons. The van der Waals surface area contributed by atoms with E-state index in [2.05, 4.69) is 27.6 Å². The topological polar surface area (TPSA) is 81.5 Å². The van der Waals surface area contributed by atoms with Gasteiger partial charge in [-0.15, -0.1) is 0 Å². The standard InChI is InChI=1S/C7H14IN3O/c1-5(12)6(8)3-2-4-11-7(9)10/h6H,2-4H2,1H3,(H4,9,10,11)/t6-/m0/s1. The zero-order chi connectivity index (χ0) is 9.56. The number of rotatable bonds is 5. The van der Waals surface area contributed by atoms with E-state index in [0.717, 1.165) is 12.8 Å². The average molecular weight is 283 g/mol. The Labute approximate surface area is 85.9 Å². The molecule has 0 aliphatic carbocycles. The summed E-state index contributed by atoms with van der Waals surface area (Å²) < 4.78 is 0.0943. The number of carbonyl (C=O) groups excluding carboxylic acids is 1. The summed E-state index contributed by atoms with van der Waals surface area (Å²) in [5.74, 6) is 0.322. The van der Waals surface area contributed by atoms with Crippen LogP contribution in [0.3, 0.4) is 0 Å². The number of alkyl halides is 1. The number of guanidine groups is 1. The highest BCUT2D eigenvalue weighted by Gasteiger charge is 2.07. The predicted octanol–water partition coefficient (Wildman–Crippen LogP) is 0.433. The summed E-state index contributed by atoms with van der Waals surface area (Å²) >= 11 is 2.13. The molecular formula is C7H14IN3O. The molecule has 0 heterocycles. The van der Waals surface area contributed by atoms with Gasteiger partial charge in [-0.25, -0.2) is 0 Å². The molecule has 0 aliphatic heterocycles. The minimum atomic E-state index is 0.0943. The van der Waals surface area contributed by atoms with Gasteiger partial charge in [0, 0.05) is 6.54 Å². The Kier molecular flexibility index (Phi) is 6.04. The molecule has 0 unspecified atom stereocenters. The largest absolute Gasteiger partial charge is 0.370 e. The Balaban J connectivity index is 3.44. The van der Waals surface area contributed by atoms with Crippen LogP contribution in [0.4, 0.5) is 0 Å². The average Bonchev–Trinajstić information content (AvgIpc) is 1.97. The second kappa shape index (κ2) is 6.22. The number of ketones is 1. The predicted molar refractivity (Wildman–Crippen MR) is 58.4 cm³/mol. The second-order valence-electron chi connectivity index (χ2n) is 2.53. The maximum atomic E-state index is 10.8. The number of hydrogen-bond donors (Lipinski definition) is 2. The molecule has 0 fully saturated rings. The fourth-order valence-electron chi connectivity index (χ4n) is 0.682. The van der Waals surface area contributed by atoms with E-state index in [-0.39, 0.29) is 15.7 Å². The lowest BCUT2D eigenvalue weighted by atomic mass is 10.2. The van der Waals surface area contributed by atoms with E-state index in [1.165, 1.54) is 0 Å². The van der Waals surface area contributed by atoms with Crippen molar-refractivity contribution in [3.05, 3.63) is 0 Å². The molecule has 0 bridgehead atoms. The van der Waals surface area contributed by atoms with Crippen molar-refractivity contribution in [1.82, 2.24) is 0 Å². The first-order valence-electron chi connectivity index (χ1n) is 3.74. The van der Waals surface area contributed by atoms with Crippen LogP contribution in [0.15, 0.2) is 4.99 Å². The van der Waals surface area contributed by atoms with Crippen LogP contribution in [0.25, 0.3) is 0 Å². The van der Waals surface area contributed by atoms with Crippen LogP contribution in [-0.2, 0) is 4.79 Å². The van der Waals surface area contributed by atoms with Crippen LogP contribution < -0.4 is 11.5 Å². The van der Waals surface area contributed by atoms with Crippen LogP contribution in [0.5, 0.6) is 0 Å². The highest BCUT2D eigenvalue weighted by Crippen LogP contribution is 2.09. The van der Waals surface area contributed by atoms with Crippen molar-refractivity contribution in [2.45, 2.75) is 23.7 Å². The van der Waals surface area contributed by atoms with E-state index in [1.54, 1.807) is 6.92 Å². The number of aliphatic imine (C=N–C) groups is 1. The second-order valence-corrected chi connectivity index (χ2v) is 4.03. The van der Waals surface area contributed by atoms with Crippen molar-refractivity contribution < 1.29 is 4.79 Å². The summed E-state index contributed by atoms with van der Waals surface area (Å²) in [6.07, 6.45) is 1.69. The van der Waals surface area contributed by atoms with Gasteiger partial charge in [0.2, 0.25) is 0 Å². The Bertz CT molecular complexity index is 177. The fraction of sp³-hybridized carbons (Fsp3) is 0.714. The maximum absolute atomic E-state index is 10.8. The van der Waals surface area contributed by atoms with Crippen LogP contribution in [0.2, 0.25) is 0 Å². The SMILES string of the molecule is CC(=O)[C@@H](I)CCCN=C(N)N. The molecule has 1 atom stereocenters. The van der Waals surface area contributed by atoms with Gasteiger partial charge in [0.1, 0.15) is 5.78 Å². The molecule has 0 aromatic heterocycles. The molecule has 4 N–H and O–H groups in total. The number of carbonyl (C=O) groups is 1. The number of nitrogens with two attached hydrogens (primary N) is 2. The Morgan fingerprint density at radius 2 is 2.17 bits per heavy atom. The van der Waals surface area contributed by atoms with Gasteiger partial charge >= 0.3 is 0 Å². The lowest BCUT2D eigenvalue weighted by Crippen LogP contribution is -2.23. The molecule has 0 spiro atoms. The summed E-state index contributed by atoms with van der Waals surface area (Å²) in [5.41, 5.74) is 10.3. The molecular weight excluding hydrogens is 269 g/mol. The third-order valence-corrected chi connectivity index (χ3v) is 2.85. The smallest absolute Gasteiger partial charge is 0.185 e. The first-order chi connectivity index (χ1) is 5.54. The Morgan fingerprint density at radius 3 is 2.58 bits per heavy atom. The normalized spacial score (nSPS) is 12.2. The van der Waals surface area contributed by atoms with Crippen molar-refractivity contribution in [1.29, 1.82) is 0 Å². The van der Waals surface area contributed by atoms with Crippen LogP contribution in [-0.4, -0.2) is 22.2 Å². The van der Waals surface area contributed by atoms with Crippen molar-refractivity contribution in [2.75, 3.05) is 6.54 Å². The van der Waals surface area contributed by atoms with E-state index in [4.69, 9.17) is 11.5 Å². The summed E-state index contributed by atoms with van der Waals surface area (Å²) in [5, 5.41) is 0. The van der Waals surface area contributed by atoms with Gasteiger partial charge in [-0.05, 0) is 19.8 Å². The zero-order valence-electron chi connectivity index (χ0n) is 7.09. The molecule has 4 nitrogen and oxygen atoms in total. The summed E-state index contributed by atoms with van der Waals surface area (Å²) in [6.45, 7) is 2.20. The molecule has 0 amide bonds. The van der Waals surface area contributed by atoms with E-state index in [1.807, 2.05) is 0 Å². The highest BCUT2D eigenvalue weighted by atomic mass is 127. The lowest BCUT2D eigenvalue weighted by molar-refractivity contribution is -0.116. The van der Waals surface area contributed by atoms with Crippen LogP contribution in [0, 0.1) is 0 Å². The molecule has 0 saturated heterocycles. The van der Waals surface area contributed by atoms with Gasteiger partial charge in [-0.2, -0.15) is 0 Å². The van der Waals surface area contributed by atoms with Gasteiger partial charge in [-0.1, -0.05) is 22.6 Å². The quantitative estimate of drug-likeness (QED) is 0.252. The van der Waals surface area contributed by atoms with E-state index >= 15 is 0 Å². The van der Waals surface area contributed by atoms with Gasteiger partial charge in [-0.3, -0.25) is 9.79 Å². The summed E-state index contributed by atoms with van der Waals surface area (Å²) in [4.78, 5) is 14.6. The van der Waals surface area contributed by atoms with Gasteiger partial charge < -0.3 is 11.5 Å². The molecule has 12 heavy (non-hydrogen) atoms. The molecule has 0 radical (unpaired) electrons. The van der Waals surface area contributed by atoms with E-state index in [9.17, 15) is 4.79 Å². The third kappa shape index (κ3) is 6.38. The Morgan fingerprint density at radius 1 is 1.58 bits per heavy atom. The molecule has 5 heteroatoms. The zero-order valence-corrected chi connectivity index (χ0v) is 9.24. The first kappa shape index (κ1) is 11.7. The maximum Gasteiger partial charge on any atom is 0.185 e. The van der Waals surface area contributed by atoms with Crippen molar-refractivity contribution in [3.8, 4) is 0 Å². The van der Waals surface area contributed by atoms with E-state index < -0.39 is 0 Å². The number of Topliss-reactive ketones (excluding diaryl/α,β-unsaturated/α-hetero) is 1. The highest BCUT2D eigenvalue weighted by molar-refractivity contribution is 14.1. The van der Waals surface area contributed by atoms with Gasteiger partial charge in [0.25, 0.3) is 0 Å².